The van der Waals surface area contributed by atoms with Gasteiger partial charge < -0.3 is 0 Å². The number of halogens is 5. The van der Waals surface area contributed by atoms with Gasteiger partial charge in [0.1, 0.15) is 5.82 Å². The molecule has 0 unspecified atom stereocenters. The van der Waals surface area contributed by atoms with Crippen LogP contribution in [0.25, 0.3) is 17.1 Å². The topological polar surface area (TPSA) is 78.0 Å². The Balaban J connectivity index is 2.19. The van der Waals surface area contributed by atoms with Crippen molar-refractivity contribution in [1.29, 1.82) is 0 Å². The number of nitrogens with zero attached hydrogens (tertiary/aromatic N) is 2. The molecule has 0 saturated heterocycles. The number of aromatic nitrogens is 2. The molecule has 0 amide bonds. The Morgan fingerprint density at radius 1 is 1.00 bits per heavy atom. The highest BCUT2D eigenvalue weighted by Gasteiger charge is 2.35. The molecule has 11 heteroatoms. The Hall–Kier alpha value is -2.07. The van der Waals surface area contributed by atoms with Crippen molar-refractivity contribution >= 4 is 33.2 Å². The van der Waals surface area contributed by atoms with Crippen LogP contribution in [0.4, 0.5) is 13.2 Å². The van der Waals surface area contributed by atoms with Crippen LogP contribution < -0.4 is 5.14 Å². The smallest absolute Gasteiger partial charge is 0.299 e. The maximum absolute atomic E-state index is 13.2. The quantitative estimate of drug-likeness (QED) is 0.656. The number of hydrogen-bond donors (Lipinski definition) is 1. The largest absolute Gasteiger partial charge is 0.434 e. The van der Waals surface area contributed by atoms with Crippen LogP contribution in [0, 0.1) is 0 Å². The van der Waals surface area contributed by atoms with Crippen molar-refractivity contribution in [3.05, 3.63) is 64.4 Å². The van der Waals surface area contributed by atoms with E-state index in [0.717, 1.165) is 6.20 Å². The zero-order valence-electron chi connectivity index (χ0n) is 13.2. The van der Waals surface area contributed by atoms with Crippen LogP contribution in [0.2, 0.25) is 10.0 Å². The van der Waals surface area contributed by atoms with E-state index in [2.05, 4.69) is 4.98 Å². The van der Waals surface area contributed by atoms with Gasteiger partial charge in [0.2, 0.25) is 10.0 Å². The highest BCUT2D eigenvalue weighted by molar-refractivity contribution is 7.89. The fourth-order valence-electron chi connectivity index (χ4n) is 2.35. The van der Waals surface area contributed by atoms with Crippen LogP contribution in [0.15, 0.2) is 53.6 Å². The van der Waals surface area contributed by atoms with Gasteiger partial charge in [0.05, 0.1) is 14.9 Å². The van der Waals surface area contributed by atoms with E-state index < -0.39 is 21.9 Å². The van der Waals surface area contributed by atoms with Gasteiger partial charge in [-0.1, -0.05) is 23.2 Å². The lowest BCUT2D eigenvalue weighted by atomic mass is 10.2. The fourth-order valence-corrected chi connectivity index (χ4v) is 3.15. The van der Waals surface area contributed by atoms with Gasteiger partial charge in [0.15, 0.2) is 5.69 Å². The minimum atomic E-state index is -4.67. The molecule has 0 fully saturated rings. The number of rotatable bonds is 3. The van der Waals surface area contributed by atoms with Gasteiger partial charge in [-0.05, 0) is 42.5 Å². The summed E-state index contributed by atoms with van der Waals surface area (Å²) in [6, 6.07) is 9.33. The van der Waals surface area contributed by atoms with Gasteiger partial charge >= 0.3 is 6.18 Å². The molecule has 0 spiro atoms. The molecule has 0 aliphatic carbocycles. The maximum Gasteiger partial charge on any atom is 0.434 e. The molecule has 5 nitrogen and oxygen atoms in total. The van der Waals surface area contributed by atoms with Crippen molar-refractivity contribution in [3.8, 4) is 17.1 Å². The molecule has 142 valence electrons. The summed E-state index contributed by atoms with van der Waals surface area (Å²) in [5.41, 5.74) is -0.555. The highest BCUT2D eigenvalue weighted by atomic mass is 35.5. The summed E-state index contributed by atoms with van der Waals surface area (Å²) >= 11 is 11.8. The Morgan fingerprint density at radius 3 is 2.15 bits per heavy atom. The Kier molecular flexibility index (Phi) is 4.98. The summed E-state index contributed by atoms with van der Waals surface area (Å²) in [4.78, 5) is 3.48. The standard InChI is InChI=1S/C16H10Cl2F3N3O2S/c17-12-6-3-10(7-13(12)18)24-8-14(16(19,20)21)23-15(24)9-1-4-11(5-2-9)27(22,25)26/h1-8H,(H2,22,25,26). The molecule has 0 aliphatic rings. The summed E-state index contributed by atoms with van der Waals surface area (Å²) in [6.07, 6.45) is -3.85. The molecule has 0 saturated carbocycles. The molecule has 3 rings (SSSR count). The first-order valence-corrected chi connectivity index (χ1v) is 9.52. The van der Waals surface area contributed by atoms with Crippen molar-refractivity contribution in [3.63, 3.8) is 0 Å². The molecular formula is C16H10Cl2F3N3O2S. The molecule has 27 heavy (non-hydrogen) atoms. The van der Waals surface area contributed by atoms with E-state index in [-0.39, 0.29) is 26.3 Å². The van der Waals surface area contributed by atoms with Crippen LogP contribution in [0.1, 0.15) is 5.69 Å². The molecule has 0 bridgehead atoms. The lowest BCUT2D eigenvalue weighted by molar-refractivity contribution is -0.140. The highest BCUT2D eigenvalue weighted by Crippen LogP contribution is 2.34. The van der Waals surface area contributed by atoms with Crippen LogP contribution >= 0.6 is 23.2 Å². The van der Waals surface area contributed by atoms with E-state index in [1.54, 1.807) is 0 Å². The van der Waals surface area contributed by atoms with Crippen LogP contribution in [0.3, 0.4) is 0 Å². The van der Waals surface area contributed by atoms with E-state index in [4.69, 9.17) is 28.3 Å². The van der Waals surface area contributed by atoms with Gasteiger partial charge in [-0.2, -0.15) is 13.2 Å². The normalized spacial score (nSPS) is 12.4. The lowest BCUT2D eigenvalue weighted by Gasteiger charge is -2.09. The van der Waals surface area contributed by atoms with E-state index in [9.17, 15) is 21.6 Å². The zero-order valence-corrected chi connectivity index (χ0v) is 15.5. The molecule has 1 heterocycles. The van der Waals surface area contributed by atoms with Crippen molar-refractivity contribution in [1.82, 2.24) is 9.55 Å². The molecular weight excluding hydrogens is 426 g/mol. The third-order valence-corrected chi connectivity index (χ3v) is 5.29. The maximum atomic E-state index is 13.2. The molecule has 1 aromatic heterocycles. The van der Waals surface area contributed by atoms with Crippen LogP contribution in [-0.2, 0) is 16.2 Å². The minimum Gasteiger partial charge on any atom is -0.299 e. The summed E-state index contributed by atoms with van der Waals surface area (Å²) in [6.45, 7) is 0. The summed E-state index contributed by atoms with van der Waals surface area (Å²) < 4.78 is 63.4. The average Bonchev–Trinajstić information content (AvgIpc) is 3.02. The third-order valence-electron chi connectivity index (χ3n) is 3.62. The zero-order chi connectivity index (χ0) is 20.0. The molecule has 2 N–H and O–H groups in total. The summed E-state index contributed by atoms with van der Waals surface area (Å²) in [5.74, 6) is -0.0540. The number of hydrogen-bond acceptors (Lipinski definition) is 3. The van der Waals surface area contributed by atoms with Crippen LogP contribution in [0.5, 0.6) is 0 Å². The van der Waals surface area contributed by atoms with Gasteiger partial charge in [-0.15, -0.1) is 0 Å². The third kappa shape index (κ3) is 4.11. The first-order chi connectivity index (χ1) is 12.5. The predicted molar refractivity (Wildman–Crippen MR) is 95.4 cm³/mol. The van der Waals surface area contributed by atoms with Gasteiger partial charge in [0.25, 0.3) is 0 Å². The number of nitrogens with two attached hydrogens (primary N) is 1. The SMILES string of the molecule is NS(=O)(=O)c1ccc(-c2nc(C(F)(F)F)cn2-c2ccc(Cl)c(Cl)c2)cc1. The number of sulfonamides is 1. The Morgan fingerprint density at radius 2 is 1.63 bits per heavy atom. The second-order valence-corrected chi connectivity index (χ2v) is 7.86. The molecule has 0 aliphatic heterocycles. The number of primary sulfonamides is 1. The Labute approximate surface area is 162 Å². The summed E-state index contributed by atoms with van der Waals surface area (Å²) in [7, 11) is -3.93. The second kappa shape index (κ2) is 6.83. The first kappa shape index (κ1) is 19.7. The van der Waals surface area contributed by atoms with E-state index in [0.29, 0.717) is 5.69 Å². The second-order valence-electron chi connectivity index (χ2n) is 5.49. The number of imidazole rings is 1. The Bertz CT molecular complexity index is 1110. The first-order valence-electron chi connectivity index (χ1n) is 7.22. The van der Waals surface area contributed by atoms with Crippen molar-refractivity contribution in [2.24, 2.45) is 5.14 Å². The van der Waals surface area contributed by atoms with Gasteiger partial charge in [-0.3, -0.25) is 4.57 Å². The molecule has 0 radical (unpaired) electrons. The minimum absolute atomic E-state index is 0.0540. The van der Waals surface area contributed by atoms with Gasteiger partial charge in [0, 0.05) is 17.4 Å². The van der Waals surface area contributed by atoms with Crippen molar-refractivity contribution in [2.45, 2.75) is 11.1 Å². The fraction of sp³-hybridized carbons (Fsp3) is 0.0625. The van der Waals surface area contributed by atoms with E-state index in [1.807, 2.05) is 0 Å². The monoisotopic (exact) mass is 435 g/mol. The summed E-state index contributed by atoms with van der Waals surface area (Å²) in [5, 5.41) is 5.44. The van der Waals surface area contributed by atoms with Gasteiger partial charge in [-0.25, -0.2) is 18.5 Å². The molecule has 2 aromatic carbocycles. The van der Waals surface area contributed by atoms with Crippen molar-refractivity contribution < 1.29 is 21.6 Å². The van der Waals surface area contributed by atoms with E-state index >= 15 is 0 Å². The average molecular weight is 436 g/mol. The lowest BCUT2D eigenvalue weighted by Crippen LogP contribution is -2.11. The van der Waals surface area contributed by atoms with Crippen LogP contribution in [-0.4, -0.2) is 18.0 Å². The number of benzene rings is 2. The number of alkyl halides is 3. The van der Waals surface area contributed by atoms with Crippen molar-refractivity contribution in [2.75, 3.05) is 0 Å². The van der Waals surface area contributed by atoms with E-state index in [1.165, 1.54) is 47.0 Å². The predicted octanol–water partition coefficient (Wildman–Crippen LogP) is 4.51. The molecule has 0 atom stereocenters. The molecule has 3 aromatic rings.